The van der Waals surface area contributed by atoms with E-state index in [0.717, 1.165) is 47.0 Å². The molecule has 3 aromatic heterocycles. The van der Waals surface area contributed by atoms with Crippen LogP contribution in [0.5, 0.6) is 5.88 Å². The largest absolute Gasteiger partial charge is 0.481 e. The van der Waals surface area contributed by atoms with Crippen LogP contribution in [0.15, 0.2) is 43.0 Å². The Balaban J connectivity index is 1.58. The number of aliphatic hydroxyl groups excluding tert-OH is 1. The van der Waals surface area contributed by atoms with Crippen LogP contribution < -0.4 is 15.0 Å². The van der Waals surface area contributed by atoms with E-state index in [-0.39, 0.29) is 12.6 Å². The third-order valence-electron chi connectivity index (χ3n) is 5.09. The molecular weight excluding hydrogens is 368 g/mol. The van der Waals surface area contributed by atoms with Crippen molar-refractivity contribution >= 4 is 11.6 Å². The fourth-order valence-electron chi connectivity index (χ4n) is 3.43. The van der Waals surface area contributed by atoms with Gasteiger partial charge in [0.25, 0.3) is 0 Å². The third-order valence-corrected chi connectivity index (χ3v) is 5.09. The minimum Gasteiger partial charge on any atom is -0.481 e. The zero-order chi connectivity index (χ0) is 20.2. The number of fused-ring (bicyclic) bond motifs is 1. The molecule has 0 bridgehead atoms. The van der Waals surface area contributed by atoms with Crippen LogP contribution >= 0.6 is 0 Å². The molecule has 0 saturated carbocycles. The van der Waals surface area contributed by atoms with Crippen molar-refractivity contribution in [2.24, 2.45) is 0 Å². The molecule has 0 aliphatic carbocycles. The summed E-state index contributed by atoms with van der Waals surface area (Å²) in [5, 5.41) is 13.3. The van der Waals surface area contributed by atoms with Gasteiger partial charge in [0, 0.05) is 43.5 Å². The first kappa shape index (κ1) is 19.1. The van der Waals surface area contributed by atoms with Crippen LogP contribution in [0.4, 0.5) is 11.6 Å². The Bertz CT molecular complexity index is 962. The van der Waals surface area contributed by atoms with E-state index < -0.39 is 0 Å². The molecule has 2 N–H and O–H groups in total. The van der Waals surface area contributed by atoms with Crippen LogP contribution in [0, 0.1) is 6.92 Å². The Morgan fingerprint density at radius 1 is 1.14 bits per heavy atom. The summed E-state index contributed by atoms with van der Waals surface area (Å²) in [6.07, 6.45) is 5.96. The first-order chi connectivity index (χ1) is 14.2. The maximum Gasteiger partial charge on any atom is 0.212 e. The Labute approximate surface area is 169 Å². The smallest absolute Gasteiger partial charge is 0.212 e. The van der Waals surface area contributed by atoms with Gasteiger partial charge < -0.3 is 20.1 Å². The number of aliphatic hydroxyl groups is 1. The van der Waals surface area contributed by atoms with Crippen LogP contribution in [0.2, 0.25) is 0 Å². The summed E-state index contributed by atoms with van der Waals surface area (Å²) in [6.45, 7) is 3.45. The summed E-state index contributed by atoms with van der Waals surface area (Å²) in [5.74, 6) is 2.20. The number of rotatable bonds is 6. The van der Waals surface area contributed by atoms with Crippen LogP contribution in [-0.4, -0.2) is 45.3 Å². The summed E-state index contributed by atoms with van der Waals surface area (Å²) < 4.78 is 5.11. The molecule has 1 aliphatic heterocycles. The van der Waals surface area contributed by atoms with E-state index in [9.17, 15) is 5.11 Å². The minimum absolute atomic E-state index is 0.0873. The lowest BCUT2D eigenvalue weighted by Crippen LogP contribution is -2.33. The van der Waals surface area contributed by atoms with Gasteiger partial charge in [-0.2, -0.15) is 0 Å². The first-order valence-corrected chi connectivity index (χ1v) is 9.55. The third kappa shape index (κ3) is 4.12. The van der Waals surface area contributed by atoms with Gasteiger partial charge in [-0.3, -0.25) is 0 Å². The maximum atomic E-state index is 9.94. The second-order valence-corrected chi connectivity index (χ2v) is 7.03. The normalized spacial score (nSPS) is 14.2. The number of methoxy groups -OCH3 is 1. The van der Waals surface area contributed by atoms with Crippen molar-refractivity contribution < 1.29 is 9.84 Å². The van der Waals surface area contributed by atoms with Gasteiger partial charge >= 0.3 is 0 Å². The van der Waals surface area contributed by atoms with Gasteiger partial charge in [0.05, 0.1) is 25.5 Å². The van der Waals surface area contributed by atoms with E-state index in [0.29, 0.717) is 12.4 Å². The molecule has 29 heavy (non-hydrogen) atoms. The molecule has 8 heteroatoms. The molecule has 0 saturated heterocycles. The summed E-state index contributed by atoms with van der Waals surface area (Å²) >= 11 is 0. The number of aromatic nitrogens is 4. The molecule has 4 rings (SSSR count). The van der Waals surface area contributed by atoms with Gasteiger partial charge in [-0.1, -0.05) is 6.07 Å². The predicted octanol–water partition coefficient (Wildman–Crippen LogP) is 2.29. The van der Waals surface area contributed by atoms with Crippen LogP contribution in [0.25, 0.3) is 0 Å². The van der Waals surface area contributed by atoms with Crippen LogP contribution in [-0.2, 0) is 13.0 Å². The van der Waals surface area contributed by atoms with E-state index in [1.54, 1.807) is 25.7 Å². The Morgan fingerprint density at radius 2 is 2.03 bits per heavy atom. The second kappa shape index (κ2) is 8.40. The lowest BCUT2D eigenvalue weighted by molar-refractivity contribution is 0.275. The van der Waals surface area contributed by atoms with E-state index in [4.69, 9.17) is 4.74 Å². The number of nitrogens with one attached hydrogen (secondary N) is 1. The molecule has 0 radical (unpaired) electrons. The predicted molar refractivity (Wildman–Crippen MR) is 110 cm³/mol. The lowest BCUT2D eigenvalue weighted by atomic mass is 10.0. The number of ether oxygens (including phenoxy) is 1. The molecule has 150 valence electrons. The van der Waals surface area contributed by atoms with Gasteiger partial charge in [-0.05, 0) is 30.2 Å². The topological polar surface area (TPSA) is 96.3 Å². The highest BCUT2D eigenvalue weighted by molar-refractivity contribution is 5.53. The summed E-state index contributed by atoms with van der Waals surface area (Å²) in [5.41, 5.74) is 4.04. The molecule has 0 fully saturated rings. The first-order valence-electron chi connectivity index (χ1n) is 9.55. The number of anilines is 2. The monoisotopic (exact) mass is 392 g/mol. The molecule has 0 unspecified atom stereocenters. The highest BCUT2D eigenvalue weighted by atomic mass is 16.5. The van der Waals surface area contributed by atoms with Crippen molar-refractivity contribution in [3.63, 3.8) is 0 Å². The average Bonchev–Trinajstić information content (AvgIpc) is 2.78. The molecule has 0 amide bonds. The molecule has 1 aliphatic rings. The molecule has 0 aromatic carbocycles. The minimum atomic E-state index is -0.333. The zero-order valence-electron chi connectivity index (χ0n) is 16.5. The maximum absolute atomic E-state index is 9.94. The fraction of sp³-hybridized carbons (Fsp3) is 0.333. The van der Waals surface area contributed by atoms with Crippen molar-refractivity contribution in [1.82, 2.24) is 19.9 Å². The van der Waals surface area contributed by atoms with E-state index in [2.05, 4.69) is 36.2 Å². The van der Waals surface area contributed by atoms with Gasteiger partial charge in [0.15, 0.2) is 0 Å². The van der Waals surface area contributed by atoms with E-state index in [1.165, 1.54) is 0 Å². The van der Waals surface area contributed by atoms with Crippen molar-refractivity contribution in [2.45, 2.75) is 25.9 Å². The number of nitrogens with zero attached hydrogens (tertiary/aromatic N) is 5. The average molecular weight is 392 g/mol. The van der Waals surface area contributed by atoms with Crippen molar-refractivity contribution in [3.05, 3.63) is 65.4 Å². The summed E-state index contributed by atoms with van der Waals surface area (Å²) in [6, 6.07) is 7.43. The standard InChI is InChI=1S/C21H24N6O2/c1-14-3-5-19(22-9-14)27-8-7-17-16(11-27)21(25-13-24-17)26-18(12-28)15-4-6-20(29-2)23-10-15/h3-6,9-10,13,18,28H,7-8,11-12H2,1-2H3,(H,24,25,26)/t18-/m1/s1. The van der Waals surface area contributed by atoms with Gasteiger partial charge in [0.2, 0.25) is 5.88 Å². The Kier molecular flexibility index (Phi) is 5.53. The summed E-state index contributed by atoms with van der Waals surface area (Å²) in [7, 11) is 1.58. The molecule has 0 spiro atoms. The number of hydrogen-bond acceptors (Lipinski definition) is 8. The van der Waals surface area contributed by atoms with Crippen molar-refractivity contribution in [2.75, 3.05) is 30.5 Å². The highest BCUT2D eigenvalue weighted by Gasteiger charge is 2.23. The van der Waals surface area contributed by atoms with Gasteiger partial charge in [-0.15, -0.1) is 0 Å². The SMILES string of the molecule is COc1ccc([C@@H](CO)Nc2ncnc3c2CN(c2ccc(C)cn2)CC3)cn1. The molecular formula is C21H24N6O2. The zero-order valence-corrected chi connectivity index (χ0v) is 16.5. The van der Waals surface area contributed by atoms with E-state index in [1.807, 2.05) is 25.3 Å². The van der Waals surface area contributed by atoms with Gasteiger partial charge in [-0.25, -0.2) is 19.9 Å². The highest BCUT2D eigenvalue weighted by Crippen LogP contribution is 2.28. The van der Waals surface area contributed by atoms with E-state index >= 15 is 0 Å². The second-order valence-electron chi connectivity index (χ2n) is 7.03. The number of pyridine rings is 2. The molecule has 1 atom stereocenters. The van der Waals surface area contributed by atoms with Crippen LogP contribution in [0.1, 0.15) is 28.4 Å². The molecule has 3 aromatic rings. The fourth-order valence-corrected chi connectivity index (χ4v) is 3.43. The molecule has 4 heterocycles. The van der Waals surface area contributed by atoms with Crippen LogP contribution in [0.3, 0.4) is 0 Å². The Hall–Kier alpha value is -3.26. The summed E-state index contributed by atoms with van der Waals surface area (Å²) in [4.78, 5) is 19.9. The number of hydrogen-bond donors (Lipinski definition) is 2. The van der Waals surface area contributed by atoms with Crippen molar-refractivity contribution in [3.8, 4) is 5.88 Å². The lowest BCUT2D eigenvalue weighted by Gasteiger charge is -2.31. The Morgan fingerprint density at radius 3 is 2.72 bits per heavy atom. The quantitative estimate of drug-likeness (QED) is 0.660. The van der Waals surface area contributed by atoms with Crippen molar-refractivity contribution in [1.29, 1.82) is 0 Å². The van der Waals surface area contributed by atoms with Gasteiger partial charge in [0.1, 0.15) is 18.0 Å². The number of aryl methyl sites for hydroxylation is 1. The molecule has 8 nitrogen and oxygen atoms in total.